The summed E-state index contributed by atoms with van der Waals surface area (Å²) in [7, 11) is 1.65. The van der Waals surface area contributed by atoms with Crippen molar-refractivity contribution in [1.29, 1.82) is 0 Å². The molecule has 1 aromatic rings. The molecule has 23 heavy (non-hydrogen) atoms. The van der Waals surface area contributed by atoms with Crippen LogP contribution in [0.4, 0.5) is 4.79 Å². The molecular formula is C18H24ClNO3. The molecule has 2 rings (SSSR count). The van der Waals surface area contributed by atoms with Gasteiger partial charge in [-0.25, -0.2) is 4.79 Å². The van der Waals surface area contributed by atoms with Crippen molar-refractivity contribution in [2.24, 2.45) is 0 Å². The first-order valence-corrected chi connectivity index (χ1v) is 8.43. The van der Waals surface area contributed by atoms with E-state index in [0.717, 1.165) is 24.2 Å². The Labute approximate surface area is 143 Å². The molecule has 1 aliphatic rings. The topological polar surface area (TPSA) is 38.8 Å². The van der Waals surface area contributed by atoms with E-state index in [2.05, 4.69) is 13.0 Å². The van der Waals surface area contributed by atoms with E-state index in [1.54, 1.807) is 12.0 Å². The highest BCUT2D eigenvalue weighted by molar-refractivity contribution is 6.30. The Balaban J connectivity index is 2.35. The Bertz CT molecular complexity index is 586. The number of hydrogen-bond donors (Lipinski definition) is 0. The lowest BCUT2D eigenvalue weighted by Crippen LogP contribution is -2.46. The summed E-state index contributed by atoms with van der Waals surface area (Å²) in [5, 5.41) is 0.680. The molecule has 5 heteroatoms. The van der Waals surface area contributed by atoms with Crippen molar-refractivity contribution in [2.75, 3.05) is 13.7 Å². The standard InChI is InChI=1S/C18H24ClNO3/c1-4-6-7-17(22-3)16-11-13-8-9-15(19)10-14(13)12-20(16)18(21)23-5-2/h7-10,16H,4-6,11-12H2,1-3H3/b17-7-. The maximum atomic E-state index is 12.4. The van der Waals surface area contributed by atoms with Crippen LogP contribution in [0.15, 0.2) is 30.0 Å². The molecule has 1 amide bonds. The predicted octanol–water partition coefficient (Wildman–Crippen LogP) is 4.55. The van der Waals surface area contributed by atoms with Crippen molar-refractivity contribution in [3.63, 3.8) is 0 Å². The smallest absolute Gasteiger partial charge is 0.410 e. The number of amides is 1. The molecule has 1 aliphatic heterocycles. The van der Waals surface area contributed by atoms with Gasteiger partial charge in [-0.15, -0.1) is 0 Å². The molecule has 1 heterocycles. The molecule has 1 atom stereocenters. The molecule has 1 aromatic carbocycles. The average molecular weight is 338 g/mol. The van der Waals surface area contributed by atoms with Crippen LogP contribution in [0.1, 0.15) is 37.8 Å². The number of carbonyl (C=O) groups is 1. The summed E-state index contributed by atoms with van der Waals surface area (Å²) in [6.45, 7) is 4.76. The number of nitrogens with zero attached hydrogens (tertiary/aromatic N) is 1. The van der Waals surface area contributed by atoms with Crippen LogP contribution in [0.5, 0.6) is 0 Å². The van der Waals surface area contributed by atoms with Crippen molar-refractivity contribution < 1.29 is 14.3 Å². The van der Waals surface area contributed by atoms with E-state index in [9.17, 15) is 4.79 Å². The maximum absolute atomic E-state index is 12.4. The third-order valence-corrected chi connectivity index (χ3v) is 4.23. The second kappa shape index (κ2) is 8.25. The summed E-state index contributed by atoms with van der Waals surface area (Å²) >= 11 is 6.09. The van der Waals surface area contributed by atoms with Gasteiger partial charge >= 0.3 is 6.09 Å². The molecule has 0 aromatic heterocycles. The van der Waals surface area contributed by atoms with E-state index in [1.807, 2.05) is 25.1 Å². The van der Waals surface area contributed by atoms with Crippen LogP contribution >= 0.6 is 11.6 Å². The molecule has 0 bridgehead atoms. The van der Waals surface area contributed by atoms with Gasteiger partial charge in [-0.2, -0.15) is 0 Å². The van der Waals surface area contributed by atoms with Gasteiger partial charge in [0.15, 0.2) is 0 Å². The summed E-state index contributed by atoms with van der Waals surface area (Å²) in [6.07, 6.45) is 4.41. The number of fused-ring (bicyclic) bond motifs is 1. The molecule has 4 nitrogen and oxygen atoms in total. The Morgan fingerprint density at radius 2 is 2.17 bits per heavy atom. The fourth-order valence-corrected chi connectivity index (χ4v) is 3.04. The minimum absolute atomic E-state index is 0.140. The quantitative estimate of drug-likeness (QED) is 0.740. The molecule has 0 N–H and O–H groups in total. The van der Waals surface area contributed by atoms with Crippen LogP contribution in [0.2, 0.25) is 5.02 Å². The van der Waals surface area contributed by atoms with E-state index in [0.29, 0.717) is 24.6 Å². The lowest BCUT2D eigenvalue weighted by atomic mass is 9.93. The first kappa shape index (κ1) is 17.7. The van der Waals surface area contributed by atoms with Gasteiger partial charge in [-0.3, -0.25) is 4.90 Å². The highest BCUT2D eigenvalue weighted by atomic mass is 35.5. The number of halogens is 1. The number of ether oxygens (including phenoxy) is 2. The van der Waals surface area contributed by atoms with Gasteiger partial charge in [-0.1, -0.05) is 31.0 Å². The van der Waals surface area contributed by atoms with Crippen LogP contribution in [-0.4, -0.2) is 30.8 Å². The van der Waals surface area contributed by atoms with E-state index in [-0.39, 0.29) is 12.1 Å². The summed E-state index contributed by atoms with van der Waals surface area (Å²) in [5.74, 6) is 0.820. The average Bonchev–Trinajstić information content (AvgIpc) is 2.55. The number of unbranched alkanes of at least 4 members (excludes halogenated alkanes) is 1. The normalized spacial score (nSPS) is 17.7. The minimum atomic E-state index is -0.317. The zero-order valence-corrected chi connectivity index (χ0v) is 14.7. The van der Waals surface area contributed by atoms with Crippen molar-refractivity contribution >= 4 is 17.7 Å². The van der Waals surface area contributed by atoms with Crippen molar-refractivity contribution in [1.82, 2.24) is 4.90 Å². The highest BCUT2D eigenvalue weighted by Gasteiger charge is 2.33. The van der Waals surface area contributed by atoms with Gasteiger partial charge in [0.05, 0.1) is 26.3 Å². The summed E-state index contributed by atoms with van der Waals surface area (Å²) < 4.78 is 10.8. The molecule has 0 saturated heterocycles. The molecule has 1 unspecified atom stereocenters. The van der Waals surface area contributed by atoms with Gasteiger partial charge in [0.1, 0.15) is 5.76 Å². The van der Waals surface area contributed by atoms with E-state index >= 15 is 0 Å². The highest BCUT2D eigenvalue weighted by Crippen LogP contribution is 2.30. The van der Waals surface area contributed by atoms with Gasteiger partial charge in [0.25, 0.3) is 0 Å². The summed E-state index contributed by atoms with van der Waals surface area (Å²) in [5.41, 5.74) is 2.26. The number of benzene rings is 1. The molecule has 0 spiro atoms. The zero-order valence-electron chi connectivity index (χ0n) is 14.0. The lowest BCUT2D eigenvalue weighted by Gasteiger charge is -2.36. The third-order valence-electron chi connectivity index (χ3n) is 4.00. The Kier molecular flexibility index (Phi) is 6.34. The fraction of sp³-hybridized carbons (Fsp3) is 0.500. The minimum Gasteiger partial charge on any atom is -0.499 e. The molecule has 126 valence electrons. The van der Waals surface area contributed by atoms with Crippen molar-refractivity contribution in [2.45, 2.75) is 45.7 Å². The number of rotatable bonds is 5. The predicted molar refractivity (Wildman–Crippen MR) is 91.5 cm³/mol. The second-order valence-electron chi connectivity index (χ2n) is 5.56. The van der Waals surface area contributed by atoms with Crippen molar-refractivity contribution in [3.8, 4) is 0 Å². The van der Waals surface area contributed by atoms with Crippen LogP contribution in [-0.2, 0) is 22.4 Å². The Morgan fingerprint density at radius 1 is 1.39 bits per heavy atom. The van der Waals surface area contributed by atoms with E-state index in [4.69, 9.17) is 21.1 Å². The molecular weight excluding hydrogens is 314 g/mol. The molecule has 0 radical (unpaired) electrons. The third kappa shape index (κ3) is 4.20. The van der Waals surface area contributed by atoms with Crippen LogP contribution in [0.3, 0.4) is 0 Å². The van der Waals surface area contributed by atoms with Crippen LogP contribution < -0.4 is 0 Å². The first-order chi connectivity index (χ1) is 11.1. The van der Waals surface area contributed by atoms with Crippen molar-refractivity contribution in [3.05, 3.63) is 46.2 Å². The SMILES string of the molecule is CCC/C=C(\OC)C1Cc2ccc(Cl)cc2CN1C(=O)OCC. The maximum Gasteiger partial charge on any atom is 0.410 e. The Hall–Kier alpha value is -1.68. The molecule has 0 aliphatic carbocycles. The lowest BCUT2D eigenvalue weighted by molar-refractivity contribution is 0.0752. The van der Waals surface area contributed by atoms with Crippen LogP contribution in [0, 0.1) is 0 Å². The Morgan fingerprint density at radius 3 is 2.83 bits per heavy atom. The van der Waals surface area contributed by atoms with E-state index < -0.39 is 0 Å². The van der Waals surface area contributed by atoms with Gasteiger partial charge in [-0.05, 0) is 42.7 Å². The number of methoxy groups -OCH3 is 1. The summed E-state index contributed by atoms with van der Waals surface area (Å²) in [6, 6.07) is 5.70. The molecule has 0 saturated carbocycles. The number of carbonyl (C=O) groups excluding carboxylic acids is 1. The molecule has 0 fully saturated rings. The number of hydrogen-bond acceptors (Lipinski definition) is 3. The number of allylic oxidation sites excluding steroid dienone is 1. The zero-order chi connectivity index (χ0) is 16.8. The summed E-state index contributed by atoms with van der Waals surface area (Å²) in [4.78, 5) is 14.1. The van der Waals surface area contributed by atoms with Gasteiger partial charge in [0, 0.05) is 11.4 Å². The second-order valence-corrected chi connectivity index (χ2v) is 6.00. The van der Waals surface area contributed by atoms with Crippen LogP contribution in [0.25, 0.3) is 0 Å². The van der Waals surface area contributed by atoms with Gasteiger partial charge in [0.2, 0.25) is 0 Å². The monoisotopic (exact) mass is 337 g/mol. The fourth-order valence-electron chi connectivity index (χ4n) is 2.85. The first-order valence-electron chi connectivity index (χ1n) is 8.05. The largest absolute Gasteiger partial charge is 0.499 e. The van der Waals surface area contributed by atoms with E-state index in [1.165, 1.54) is 5.56 Å². The van der Waals surface area contributed by atoms with Gasteiger partial charge < -0.3 is 9.47 Å².